The minimum absolute atomic E-state index is 0.256. The van der Waals surface area contributed by atoms with E-state index in [0.717, 1.165) is 5.56 Å². The molecule has 0 aliphatic heterocycles. The summed E-state index contributed by atoms with van der Waals surface area (Å²) in [5, 5.41) is 5.74. The number of hydrogen-bond donors (Lipinski definition) is 2. The maximum atomic E-state index is 14.3. The molecule has 10 heteroatoms. The van der Waals surface area contributed by atoms with Crippen LogP contribution in [0, 0.1) is 6.92 Å². The van der Waals surface area contributed by atoms with Gasteiger partial charge in [-0.25, -0.2) is 4.98 Å². The number of alkyl halides is 2. The molecule has 168 valence electrons. The van der Waals surface area contributed by atoms with E-state index < -0.39 is 23.7 Å². The fraction of sp³-hybridized carbons (Fsp3) is 0.273. The normalized spacial score (nSPS) is 11.2. The van der Waals surface area contributed by atoms with E-state index in [0.29, 0.717) is 23.7 Å². The molecular weight excluding hydrogens is 440 g/mol. The maximum Gasteiger partial charge on any atom is 0.306 e. The molecule has 0 fully saturated rings. The lowest BCUT2D eigenvalue weighted by Crippen LogP contribution is -2.36. The van der Waals surface area contributed by atoms with Gasteiger partial charge in [0.15, 0.2) is 5.82 Å². The van der Waals surface area contributed by atoms with E-state index in [1.54, 1.807) is 13.0 Å². The second kappa shape index (κ2) is 10.3. The quantitative estimate of drug-likeness (QED) is 0.511. The summed E-state index contributed by atoms with van der Waals surface area (Å²) in [6, 6.07) is 11.5. The maximum absolute atomic E-state index is 14.3. The average Bonchev–Trinajstić information content (AvgIpc) is 2.77. The van der Waals surface area contributed by atoms with Crippen LogP contribution in [0.4, 0.5) is 14.6 Å². The molecule has 0 aliphatic carbocycles. The molecule has 3 aromatic rings. The number of aromatic nitrogens is 3. The standard InChI is InChI=1S/C22H22ClF2N5O2/c1-15-12-28-20(29-14-22(24,25)18-7-2-3-9-26-18)21(32)30(15)13-19(31)27-10-8-16-5-4-6-17(23)11-16/h2-7,9,11-12H,8,10,13-14H2,1H3,(H,27,31)(H,28,29). The van der Waals surface area contributed by atoms with Crippen molar-refractivity contribution in [3.05, 3.63) is 87.2 Å². The van der Waals surface area contributed by atoms with Gasteiger partial charge in [0.05, 0.1) is 6.54 Å². The van der Waals surface area contributed by atoms with E-state index in [2.05, 4.69) is 20.6 Å². The molecule has 0 unspecified atom stereocenters. The minimum atomic E-state index is -3.30. The van der Waals surface area contributed by atoms with Gasteiger partial charge in [0.2, 0.25) is 5.91 Å². The molecule has 0 bridgehead atoms. The van der Waals surface area contributed by atoms with Crippen molar-refractivity contribution in [3.63, 3.8) is 0 Å². The van der Waals surface area contributed by atoms with Crippen molar-refractivity contribution in [2.24, 2.45) is 0 Å². The van der Waals surface area contributed by atoms with Gasteiger partial charge < -0.3 is 10.6 Å². The molecule has 0 saturated carbocycles. The van der Waals surface area contributed by atoms with E-state index >= 15 is 0 Å². The van der Waals surface area contributed by atoms with Crippen LogP contribution in [0.25, 0.3) is 0 Å². The molecule has 1 amide bonds. The predicted molar refractivity (Wildman–Crippen MR) is 118 cm³/mol. The highest BCUT2D eigenvalue weighted by atomic mass is 35.5. The number of amides is 1. The number of halogens is 3. The minimum Gasteiger partial charge on any atom is -0.359 e. The highest BCUT2D eigenvalue weighted by Gasteiger charge is 2.33. The number of nitrogens with zero attached hydrogens (tertiary/aromatic N) is 3. The third kappa shape index (κ3) is 6.10. The van der Waals surface area contributed by atoms with Crippen molar-refractivity contribution < 1.29 is 13.6 Å². The van der Waals surface area contributed by atoms with Gasteiger partial charge in [-0.1, -0.05) is 29.8 Å². The molecule has 1 aromatic carbocycles. The number of nitrogens with one attached hydrogen (secondary N) is 2. The highest BCUT2D eigenvalue weighted by Crippen LogP contribution is 2.25. The number of aryl methyl sites for hydroxylation is 1. The molecule has 0 radical (unpaired) electrons. The van der Waals surface area contributed by atoms with Gasteiger partial charge in [-0.2, -0.15) is 8.78 Å². The predicted octanol–water partition coefficient (Wildman–Crippen LogP) is 3.16. The Bertz CT molecular complexity index is 1140. The Morgan fingerprint density at radius 1 is 1.19 bits per heavy atom. The lowest BCUT2D eigenvalue weighted by atomic mass is 10.1. The number of pyridine rings is 1. The highest BCUT2D eigenvalue weighted by molar-refractivity contribution is 6.30. The van der Waals surface area contributed by atoms with Crippen LogP contribution in [0.2, 0.25) is 5.02 Å². The summed E-state index contributed by atoms with van der Waals surface area (Å²) < 4.78 is 29.9. The lowest BCUT2D eigenvalue weighted by Gasteiger charge is -2.17. The van der Waals surface area contributed by atoms with Crippen LogP contribution in [-0.2, 0) is 23.7 Å². The van der Waals surface area contributed by atoms with Crippen LogP contribution < -0.4 is 16.2 Å². The van der Waals surface area contributed by atoms with Gasteiger partial charge in [0, 0.05) is 29.7 Å². The summed E-state index contributed by atoms with van der Waals surface area (Å²) in [5.74, 6) is -3.95. The first-order valence-electron chi connectivity index (χ1n) is 9.87. The van der Waals surface area contributed by atoms with Crippen LogP contribution in [0.3, 0.4) is 0 Å². The zero-order chi connectivity index (χ0) is 23.1. The van der Waals surface area contributed by atoms with Crippen LogP contribution >= 0.6 is 11.6 Å². The molecular formula is C22H22ClF2N5O2. The van der Waals surface area contributed by atoms with Gasteiger partial charge in [0.25, 0.3) is 5.56 Å². The zero-order valence-corrected chi connectivity index (χ0v) is 18.1. The van der Waals surface area contributed by atoms with Crippen LogP contribution in [-0.4, -0.2) is 33.5 Å². The summed E-state index contributed by atoms with van der Waals surface area (Å²) in [7, 11) is 0. The molecule has 0 atom stereocenters. The fourth-order valence-corrected chi connectivity index (χ4v) is 3.20. The second-order valence-electron chi connectivity index (χ2n) is 7.14. The molecule has 7 nitrogen and oxygen atoms in total. The van der Waals surface area contributed by atoms with Gasteiger partial charge >= 0.3 is 5.92 Å². The Balaban J connectivity index is 1.61. The van der Waals surface area contributed by atoms with Crippen molar-refractivity contribution in [2.45, 2.75) is 25.8 Å². The van der Waals surface area contributed by atoms with Crippen molar-refractivity contribution in [3.8, 4) is 0 Å². The Morgan fingerprint density at radius 2 is 2.00 bits per heavy atom. The van der Waals surface area contributed by atoms with Gasteiger partial charge in [-0.15, -0.1) is 0 Å². The largest absolute Gasteiger partial charge is 0.359 e. The number of benzene rings is 1. The summed E-state index contributed by atoms with van der Waals surface area (Å²) in [4.78, 5) is 32.6. The van der Waals surface area contributed by atoms with Crippen molar-refractivity contribution in [2.75, 3.05) is 18.4 Å². The first-order chi connectivity index (χ1) is 15.3. The monoisotopic (exact) mass is 461 g/mol. The van der Waals surface area contributed by atoms with Crippen LogP contribution in [0.15, 0.2) is 59.7 Å². The first-order valence-corrected chi connectivity index (χ1v) is 10.2. The Labute approximate surface area is 188 Å². The summed E-state index contributed by atoms with van der Waals surface area (Å²) in [5.41, 5.74) is 0.322. The summed E-state index contributed by atoms with van der Waals surface area (Å²) >= 11 is 5.94. The number of anilines is 1. The third-order valence-corrected chi connectivity index (χ3v) is 4.93. The van der Waals surface area contributed by atoms with Gasteiger partial charge in [-0.05, 0) is 43.2 Å². The van der Waals surface area contributed by atoms with E-state index in [1.165, 1.54) is 35.2 Å². The Hall–Kier alpha value is -3.33. The summed E-state index contributed by atoms with van der Waals surface area (Å²) in [6.45, 7) is 0.856. The van der Waals surface area contributed by atoms with E-state index in [4.69, 9.17) is 11.6 Å². The number of carbonyl (C=O) groups excluding carboxylic acids is 1. The second-order valence-corrected chi connectivity index (χ2v) is 7.58. The molecule has 3 rings (SSSR count). The van der Waals surface area contributed by atoms with Crippen LogP contribution in [0.5, 0.6) is 0 Å². The topological polar surface area (TPSA) is 88.9 Å². The Kier molecular flexibility index (Phi) is 7.53. The number of hydrogen-bond acceptors (Lipinski definition) is 5. The van der Waals surface area contributed by atoms with E-state index in [-0.39, 0.29) is 18.3 Å². The smallest absolute Gasteiger partial charge is 0.306 e. The van der Waals surface area contributed by atoms with E-state index in [1.807, 2.05) is 18.2 Å². The molecule has 2 N–H and O–H groups in total. The average molecular weight is 462 g/mol. The zero-order valence-electron chi connectivity index (χ0n) is 17.3. The van der Waals surface area contributed by atoms with Crippen molar-refractivity contribution in [1.29, 1.82) is 0 Å². The summed E-state index contributed by atoms with van der Waals surface area (Å²) in [6.07, 6.45) is 3.19. The lowest BCUT2D eigenvalue weighted by molar-refractivity contribution is -0.121. The molecule has 32 heavy (non-hydrogen) atoms. The van der Waals surface area contributed by atoms with Gasteiger partial charge in [-0.3, -0.25) is 19.1 Å². The van der Waals surface area contributed by atoms with Crippen LogP contribution in [0.1, 0.15) is 17.0 Å². The molecule has 2 heterocycles. The third-order valence-electron chi connectivity index (χ3n) is 4.70. The molecule has 0 aliphatic rings. The number of carbonyl (C=O) groups is 1. The molecule has 0 saturated heterocycles. The Morgan fingerprint density at radius 3 is 2.72 bits per heavy atom. The van der Waals surface area contributed by atoms with E-state index in [9.17, 15) is 18.4 Å². The molecule has 0 spiro atoms. The fourth-order valence-electron chi connectivity index (χ4n) is 2.99. The SMILES string of the molecule is Cc1cnc(NCC(F)(F)c2ccccn2)c(=O)n1CC(=O)NCCc1cccc(Cl)c1. The molecule has 2 aromatic heterocycles. The van der Waals surface area contributed by atoms with Crippen molar-refractivity contribution >= 4 is 23.3 Å². The first kappa shape index (κ1) is 23.3. The number of rotatable bonds is 9. The van der Waals surface area contributed by atoms with Gasteiger partial charge in [0.1, 0.15) is 12.2 Å². The van der Waals surface area contributed by atoms with Crippen molar-refractivity contribution in [1.82, 2.24) is 19.9 Å².